The Kier molecular flexibility index (Phi) is 4.86. The predicted octanol–water partition coefficient (Wildman–Crippen LogP) is 2.45. The van der Waals surface area contributed by atoms with E-state index in [1.54, 1.807) is 18.3 Å². The number of rotatable bonds is 3. The van der Waals surface area contributed by atoms with Crippen molar-refractivity contribution < 1.29 is 9.53 Å². The van der Waals surface area contributed by atoms with Crippen LogP contribution in [0, 0.1) is 11.3 Å². The maximum Gasteiger partial charge on any atom is 0.407 e. The second kappa shape index (κ2) is 6.65. The van der Waals surface area contributed by atoms with Crippen LogP contribution in [0.25, 0.3) is 0 Å². The first-order valence-electron chi connectivity index (χ1n) is 7.49. The molecule has 0 aliphatic carbocycles. The number of hydrogen-bond acceptors (Lipinski definition) is 5. The van der Waals surface area contributed by atoms with E-state index >= 15 is 0 Å². The predicted molar refractivity (Wildman–Crippen MR) is 83.6 cm³/mol. The Morgan fingerprint density at radius 2 is 2.36 bits per heavy atom. The summed E-state index contributed by atoms with van der Waals surface area (Å²) in [5, 5.41) is 11.8. The van der Waals surface area contributed by atoms with Gasteiger partial charge in [0.25, 0.3) is 0 Å². The van der Waals surface area contributed by atoms with Crippen LogP contribution in [0.2, 0.25) is 0 Å². The van der Waals surface area contributed by atoms with Gasteiger partial charge in [0.1, 0.15) is 11.4 Å². The van der Waals surface area contributed by atoms with Gasteiger partial charge >= 0.3 is 6.09 Å². The zero-order valence-electron chi connectivity index (χ0n) is 13.3. The second-order valence-corrected chi connectivity index (χ2v) is 6.39. The molecular weight excluding hydrogens is 280 g/mol. The van der Waals surface area contributed by atoms with Crippen LogP contribution in [-0.4, -0.2) is 35.8 Å². The lowest BCUT2D eigenvalue weighted by molar-refractivity contribution is 0.0525. The number of nitrogens with one attached hydrogen (secondary N) is 1. The van der Waals surface area contributed by atoms with Gasteiger partial charge in [0.05, 0.1) is 11.6 Å². The molecule has 1 atom stereocenters. The molecule has 1 aliphatic rings. The van der Waals surface area contributed by atoms with E-state index in [4.69, 9.17) is 10.00 Å². The fraction of sp³-hybridized carbons (Fsp3) is 0.562. The Morgan fingerprint density at radius 1 is 1.59 bits per heavy atom. The molecular formula is C16H22N4O2. The summed E-state index contributed by atoms with van der Waals surface area (Å²) in [4.78, 5) is 18.2. The van der Waals surface area contributed by atoms with E-state index in [0.717, 1.165) is 25.2 Å². The van der Waals surface area contributed by atoms with Crippen molar-refractivity contribution >= 4 is 11.9 Å². The van der Waals surface area contributed by atoms with E-state index in [0.29, 0.717) is 12.1 Å². The third-order valence-corrected chi connectivity index (χ3v) is 3.43. The van der Waals surface area contributed by atoms with Crippen molar-refractivity contribution in [2.45, 2.75) is 45.3 Å². The standard InChI is InChI=1S/C16H22N4O2/c1-16(2,3)22-15(21)19-11-13-5-4-8-20(13)14-9-12(10-17)6-7-18-14/h6-7,9,13H,4-5,8,11H2,1-3H3,(H,19,21)/t13-/m0/s1. The number of carbonyl (C=O) groups is 1. The molecule has 1 aliphatic heterocycles. The first kappa shape index (κ1) is 16.1. The van der Waals surface area contributed by atoms with Crippen molar-refractivity contribution in [1.29, 1.82) is 5.26 Å². The molecule has 0 bridgehead atoms. The number of anilines is 1. The van der Waals surface area contributed by atoms with Crippen molar-refractivity contribution in [1.82, 2.24) is 10.3 Å². The molecule has 1 saturated heterocycles. The zero-order chi connectivity index (χ0) is 16.2. The number of hydrogen-bond donors (Lipinski definition) is 1. The summed E-state index contributed by atoms with van der Waals surface area (Å²) < 4.78 is 5.25. The smallest absolute Gasteiger partial charge is 0.407 e. The van der Waals surface area contributed by atoms with E-state index in [-0.39, 0.29) is 6.04 Å². The van der Waals surface area contributed by atoms with Gasteiger partial charge in [0.15, 0.2) is 0 Å². The zero-order valence-corrected chi connectivity index (χ0v) is 13.3. The average Bonchev–Trinajstić information content (AvgIpc) is 2.92. The van der Waals surface area contributed by atoms with Crippen LogP contribution in [0.4, 0.5) is 10.6 Å². The van der Waals surface area contributed by atoms with Gasteiger partial charge < -0.3 is 15.0 Å². The SMILES string of the molecule is CC(C)(C)OC(=O)NC[C@@H]1CCCN1c1cc(C#N)ccn1. The topological polar surface area (TPSA) is 78.2 Å². The van der Waals surface area contributed by atoms with Gasteiger partial charge in [-0.2, -0.15) is 5.26 Å². The third-order valence-electron chi connectivity index (χ3n) is 3.43. The summed E-state index contributed by atoms with van der Waals surface area (Å²) in [6.07, 6.45) is 3.26. The molecule has 2 heterocycles. The lowest BCUT2D eigenvalue weighted by Crippen LogP contribution is -2.42. The van der Waals surface area contributed by atoms with E-state index < -0.39 is 11.7 Å². The van der Waals surface area contributed by atoms with Crippen molar-refractivity contribution in [2.75, 3.05) is 18.0 Å². The number of nitriles is 1. The fourth-order valence-corrected chi connectivity index (χ4v) is 2.51. The van der Waals surface area contributed by atoms with Gasteiger partial charge in [0.2, 0.25) is 0 Å². The molecule has 1 N–H and O–H groups in total. The van der Waals surface area contributed by atoms with Gasteiger partial charge in [-0.05, 0) is 45.7 Å². The Balaban J connectivity index is 1.96. The summed E-state index contributed by atoms with van der Waals surface area (Å²) in [5.74, 6) is 0.785. The molecule has 118 valence electrons. The van der Waals surface area contributed by atoms with Crippen molar-refractivity contribution in [3.05, 3.63) is 23.9 Å². The first-order chi connectivity index (χ1) is 10.4. The van der Waals surface area contributed by atoms with E-state index in [2.05, 4.69) is 21.3 Å². The molecule has 1 aromatic heterocycles. The van der Waals surface area contributed by atoms with Crippen LogP contribution in [0.5, 0.6) is 0 Å². The summed E-state index contributed by atoms with van der Waals surface area (Å²) in [6, 6.07) is 5.77. The summed E-state index contributed by atoms with van der Waals surface area (Å²) in [6.45, 7) is 6.90. The molecule has 22 heavy (non-hydrogen) atoms. The maximum absolute atomic E-state index is 11.7. The average molecular weight is 302 g/mol. The van der Waals surface area contributed by atoms with Gasteiger partial charge in [-0.1, -0.05) is 0 Å². The number of alkyl carbamates (subject to hydrolysis) is 1. The van der Waals surface area contributed by atoms with E-state index in [9.17, 15) is 4.79 Å². The van der Waals surface area contributed by atoms with Gasteiger partial charge in [-0.15, -0.1) is 0 Å². The van der Waals surface area contributed by atoms with Gasteiger partial charge in [-0.3, -0.25) is 0 Å². The minimum atomic E-state index is -0.498. The molecule has 6 nitrogen and oxygen atoms in total. The molecule has 0 unspecified atom stereocenters. The molecule has 6 heteroatoms. The number of ether oxygens (including phenoxy) is 1. The van der Waals surface area contributed by atoms with Gasteiger partial charge in [-0.25, -0.2) is 9.78 Å². The van der Waals surface area contributed by atoms with Crippen LogP contribution in [0.15, 0.2) is 18.3 Å². The Morgan fingerprint density at radius 3 is 3.05 bits per heavy atom. The molecule has 1 fully saturated rings. The molecule has 0 saturated carbocycles. The monoisotopic (exact) mass is 302 g/mol. The molecule has 0 radical (unpaired) electrons. The first-order valence-corrected chi connectivity index (χ1v) is 7.49. The Labute approximate surface area is 131 Å². The van der Waals surface area contributed by atoms with Crippen molar-refractivity contribution in [3.8, 4) is 6.07 Å². The number of nitrogens with zero attached hydrogens (tertiary/aromatic N) is 3. The summed E-state index contributed by atoms with van der Waals surface area (Å²) >= 11 is 0. The summed E-state index contributed by atoms with van der Waals surface area (Å²) in [7, 11) is 0. The second-order valence-electron chi connectivity index (χ2n) is 6.39. The summed E-state index contributed by atoms with van der Waals surface area (Å²) in [5.41, 5.74) is 0.0954. The van der Waals surface area contributed by atoms with Crippen LogP contribution in [-0.2, 0) is 4.74 Å². The lowest BCUT2D eigenvalue weighted by Gasteiger charge is -2.27. The molecule has 2 rings (SSSR count). The van der Waals surface area contributed by atoms with Gasteiger partial charge in [0, 0.05) is 25.3 Å². The lowest BCUT2D eigenvalue weighted by atomic mass is 10.2. The quantitative estimate of drug-likeness (QED) is 0.928. The highest BCUT2D eigenvalue weighted by atomic mass is 16.6. The van der Waals surface area contributed by atoms with Crippen molar-refractivity contribution in [3.63, 3.8) is 0 Å². The Hall–Kier alpha value is -2.29. The molecule has 1 amide bonds. The minimum absolute atomic E-state index is 0.175. The maximum atomic E-state index is 11.7. The highest BCUT2D eigenvalue weighted by Crippen LogP contribution is 2.24. The van der Waals surface area contributed by atoms with Crippen LogP contribution < -0.4 is 10.2 Å². The minimum Gasteiger partial charge on any atom is -0.444 e. The van der Waals surface area contributed by atoms with Crippen LogP contribution in [0.1, 0.15) is 39.2 Å². The number of aromatic nitrogens is 1. The number of amides is 1. The largest absolute Gasteiger partial charge is 0.444 e. The number of carbonyl (C=O) groups excluding carboxylic acids is 1. The molecule has 1 aromatic rings. The Bertz CT molecular complexity index is 574. The van der Waals surface area contributed by atoms with Crippen LogP contribution in [0.3, 0.4) is 0 Å². The third kappa shape index (κ3) is 4.35. The van der Waals surface area contributed by atoms with E-state index in [1.807, 2.05) is 20.8 Å². The molecule has 0 spiro atoms. The normalized spacial score (nSPS) is 17.9. The highest BCUT2D eigenvalue weighted by molar-refractivity contribution is 5.67. The molecule has 0 aromatic carbocycles. The fourth-order valence-electron chi connectivity index (χ4n) is 2.51. The number of pyridine rings is 1. The van der Waals surface area contributed by atoms with Crippen LogP contribution >= 0.6 is 0 Å². The van der Waals surface area contributed by atoms with Crippen molar-refractivity contribution in [2.24, 2.45) is 0 Å². The van der Waals surface area contributed by atoms with E-state index in [1.165, 1.54) is 0 Å². The highest BCUT2D eigenvalue weighted by Gasteiger charge is 2.27.